The van der Waals surface area contributed by atoms with Crippen LogP contribution in [0.1, 0.15) is 56.6 Å². The van der Waals surface area contributed by atoms with E-state index in [9.17, 15) is 0 Å². The number of hydrogen-bond acceptors (Lipinski definition) is 3. The summed E-state index contributed by atoms with van der Waals surface area (Å²) < 4.78 is 0. The summed E-state index contributed by atoms with van der Waals surface area (Å²) >= 11 is 1.77. The Labute approximate surface area is 109 Å². The molecule has 4 atom stereocenters. The predicted octanol–water partition coefficient (Wildman–Crippen LogP) is 3.93. The normalized spacial score (nSPS) is 31.4. The third-order valence-corrected chi connectivity index (χ3v) is 5.46. The Hall–Kier alpha value is -0.410. The zero-order chi connectivity index (χ0) is 12.4. The Balaban J connectivity index is 1.98. The van der Waals surface area contributed by atoms with Gasteiger partial charge in [-0.15, -0.1) is 11.3 Å². The lowest BCUT2D eigenvalue weighted by Crippen LogP contribution is -2.41. The number of rotatable bonds is 3. The molecule has 17 heavy (non-hydrogen) atoms. The highest BCUT2D eigenvalue weighted by molar-refractivity contribution is 7.09. The molecule has 0 spiro atoms. The lowest BCUT2D eigenvalue weighted by Gasteiger charge is -2.36. The van der Waals surface area contributed by atoms with E-state index in [-0.39, 0.29) is 0 Å². The molecule has 1 fully saturated rings. The SMILES string of the molecule is Cc1ncsc1C(C)NC1CCCC(C)C1C. The van der Waals surface area contributed by atoms with Crippen molar-refractivity contribution in [3.8, 4) is 0 Å². The van der Waals surface area contributed by atoms with Crippen LogP contribution in [-0.2, 0) is 0 Å². The second-order valence-corrected chi connectivity index (χ2v) is 6.45. The van der Waals surface area contributed by atoms with Crippen LogP contribution >= 0.6 is 11.3 Å². The molecule has 1 N–H and O–H groups in total. The molecule has 4 unspecified atom stereocenters. The van der Waals surface area contributed by atoms with Gasteiger partial charge < -0.3 is 5.32 Å². The third kappa shape index (κ3) is 2.89. The van der Waals surface area contributed by atoms with E-state index in [1.54, 1.807) is 11.3 Å². The van der Waals surface area contributed by atoms with Crippen molar-refractivity contribution in [3.63, 3.8) is 0 Å². The number of nitrogens with zero attached hydrogens (tertiary/aromatic N) is 1. The zero-order valence-electron chi connectivity index (χ0n) is 11.4. The maximum absolute atomic E-state index is 4.34. The summed E-state index contributed by atoms with van der Waals surface area (Å²) in [7, 11) is 0. The van der Waals surface area contributed by atoms with Crippen LogP contribution in [0, 0.1) is 18.8 Å². The van der Waals surface area contributed by atoms with Crippen LogP contribution in [0.25, 0.3) is 0 Å². The van der Waals surface area contributed by atoms with Crippen LogP contribution in [-0.4, -0.2) is 11.0 Å². The molecule has 1 saturated carbocycles. The quantitative estimate of drug-likeness (QED) is 0.881. The Morgan fingerprint density at radius 3 is 2.82 bits per heavy atom. The first-order valence-corrected chi connectivity index (χ1v) is 7.63. The molecule has 0 aliphatic heterocycles. The van der Waals surface area contributed by atoms with Crippen molar-refractivity contribution >= 4 is 11.3 Å². The van der Waals surface area contributed by atoms with E-state index in [1.807, 2.05) is 5.51 Å². The first kappa shape index (κ1) is 13.0. The van der Waals surface area contributed by atoms with E-state index >= 15 is 0 Å². The molecule has 2 nitrogen and oxygen atoms in total. The number of hydrogen-bond donors (Lipinski definition) is 1. The van der Waals surface area contributed by atoms with Crippen LogP contribution in [0.4, 0.5) is 0 Å². The highest BCUT2D eigenvalue weighted by Gasteiger charge is 2.28. The first-order chi connectivity index (χ1) is 8.09. The summed E-state index contributed by atoms with van der Waals surface area (Å²) in [5.74, 6) is 1.65. The molecule has 1 aliphatic carbocycles. The minimum Gasteiger partial charge on any atom is -0.306 e. The van der Waals surface area contributed by atoms with Crippen molar-refractivity contribution in [1.82, 2.24) is 10.3 Å². The minimum absolute atomic E-state index is 0.445. The summed E-state index contributed by atoms with van der Waals surface area (Å²) in [5.41, 5.74) is 3.14. The fourth-order valence-electron chi connectivity index (χ4n) is 2.94. The van der Waals surface area contributed by atoms with E-state index in [0.29, 0.717) is 12.1 Å². The van der Waals surface area contributed by atoms with Crippen LogP contribution < -0.4 is 5.32 Å². The van der Waals surface area contributed by atoms with Gasteiger partial charge in [-0.05, 0) is 32.1 Å². The second kappa shape index (κ2) is 5.49. The first-order valence-electron chi connectivity index (χ1n) is 6.75. The van der Waals surface area contributed by atoms with E-state index in [4.69, 9.17) is 0 Å². The zero-order valence-corrected chi connectivity index (χ0v) is 12.2. The molecule has 3 heteroatoms. The number of thiazole rings is 1. The number of aromatic nitrogens is 1. The van der Waals surface area contributed by atoms with Gasteiger partial charge in [0, 0.05) is 17.0 Å². The molecule has 2 rings (SSSR count). The van der Waals surface area contributed by atoms with Gasteiger partial charge >= 0.3 is 0 Å². The van der Waals surface area contributed by atoms with Crippen molar-refractivity contribution in [3.05, 3.63) is 16.1 Å². The molecule has 1 aromatic rings. The average molecular weight is 252 g/mol. The van der Waals surface area contributed by atoms with Gasteiger partial charge in [-0.1, -0.05) is 26.7 Å². The molecule has 0 radical (unpaired) electrons. The molecule has 1 heterocycles. The molecule has 1 aliphatic rings. The van der Waals surface area contributed by atoms with Gasteiger partial charge in [-0.25, -0.2) is 4.98 Å². The Morgan fingerprint density at radius 1 is 1.41 bits per heavy atom. The van der Waals surface area contributed by atoms with E-state index in [0.717, 1.165) is 11.8 Å². The van der Waals surface area contributed by atoms with Crippen molar-refractivity contribution in [1.29, 1.82) is 0 Å². The van der Waals surface area contributed by atoms with Crippen molar-refractivity contribution in [2.75, 3.05) is 0 Å². The van der Waals surface area contributed by atoms with Crippen molar-refractivity contribution in [2.24, 2.45) is 11.8 Å². The molecule has 1 aromatic heterocycles. The number of nitrogens with one attached hydrogen (secondary N) is 1. The fourth-order valence-corrected chi connectivity index (χ4v) is 3.76. The van der Waals surface area contributed by atoms with Gasteiger partial charge in [0.05, 0.1) is 11.2 Å². The average Bonchev–Trinajstić information content (AvgIpc) is 2.71. The largest absolute Gasteiger partial charge is 0.306 e. The molecule has 0 aromatic carbocycles. The summed E-state index contributed by atoms with van der Waals surface area (Å²) in [6, 6.07) is 1.12. The maximum atomic E-state index is 4.34. The van der Waals surface area contributed by atoms with Crippen LogP contribution in [0.15, 0.2) is 5.51 Å². The van der Waals surface area contributed by atoms with Gasteiger partial charge in [0.25, 0.3) is 0 Å². The Morgan fingerprint density at radius 2 is 2.18 bits per heavy atom. The molecule has 96 valence electrons. The molecule has 0 bridgehead atoms. The van der Waals surface area contributed by atoms with E-state index < -0.39 is 0 Å². The molecular weight excluding hydrogens is 228 g/mol. The molecule has 0 saturated heterocycles. The monoisotopic (exact) mass is 252 g/mol. The lowest BCUT2D eigenvalue weighted by atomic mass is 9.78. The highest BCUT2D eigenvalue weighted by Crippen LogP contribution is 2.31. The van der Waals surface area contributed by atoms with Crippen LogP contribution in [0.2, 0.25) is 0 Å². The van der Waals surface area contributed by atoms with Gasteiger partial charge in [0.2, 0.25) is 0 Å². The minimum atomic E-state index is 0.445. The summed E-state index contributed by atoms with van der Waals surface area (Å²) in [4.78, 5) is 5.74. The standard InChI is InChI=1S/C14H24N2S/c1-9-6-5-7-13(10(9)2)16-12(4)14-11(3)15-8-17-14/h8-10,12-13,16H,5-7H2,1-4H3. The summed E-state index contributed by atoms with van der Waals surface area (Å²) in [6.45, 7) is 9.16. The van der Waals surface area contributed by atoms with Gasteiger partial charge in [-0.3, -0.25) is 0 Å². The topological polar surface area (TPSA) is 24.9 Å². The maximum Gasteiger partial charge on any atom is 0.0798 e. The van der Waals surface area contributed by atoms with Gasteiger partial charge in [-0.2, -0.15) is 0 Å². The van der Waals surface area contributed by atoms with Crippen molar-refractivity contribution < 1.29 is 0 Å². The predicted molar refractivity (Wildman–Crippen MR) is 74.4 cm³/mol. The van der Waals surface area contributed by atoms with Gasteiger partial charge in [0.1, 0.15) is 0 Å². The van der Waals surface area contributed by atoms with E-state index in [1.165, 1.54) is 29.8 Å². The molecule has 0 amide bonds. The van der Waals surface area contributed by atoms with Crippen LogP contribution in [0.5, 0.6) is 0 Å². The van der Waals surface area contributed by atoms with Gasteiger partial charge in [0.15, 0.2) is 0 Å². The van der Waals surface area contributed by atoms with Crippen molar-refractivity contribution in [2.45, 2.75) is 59.0 Å². The smallest absolute Gasteiger partial charge is 0.0798 e. The highest BCUT2D eigenvalue weighted by atomic mass is 32.1. The number of aryl methyl sites for hydroxylation is 1. The summed E-state index contributed by atoms with van der Waals surface area (Å²) in [6.07, 6.45) is 4.10. The Kier molecular flexibility index (Phi) is 4.21. The van der Waals surface area contributed by atoms with E-state index in [2.05, 4.69) is 38.0 Å². The fraction of sp³-hybridized carbons (Fsp3) is 0.786. The lowest BCUT2D eigenvalue weighted by molar-refractivity contribution is 0.196. The van der Waals surface area contributed by atoms with Crippen LogP contribution in [0.3, 0.4) is 0 Å². The third-order valence-electron chi connectivity index (χ3n) is 4.35. The molecular formula is C14H24N2S. The Bertz CT molecular complexity index is 361. The summed E-state index contributed by atoms with van der Waals surface area (Å²) in [5, 5.41) is 3.81. The second-order valence-electron chi connectivity index (χ2n) is 5.56.